The number of aryl methyl sites for hydroxylation is 1. The molecule has 0 aliphatic carbocycles. The van der Waals surface area contributed by atoms with E-state index in [1.807, 2.05) is 0 Å². The van der Waals surface area contributed by atoms with Crippen LogP contribution in [0.3, 0.4) is 0 Å². The van der Waals surface area contributed by atoms with Gasteiger partial charge in [-0.2, -0.15) is 0 Å². The van der Waals surface area contributed by atoms with Crippen molar-refractivity contribution in [1.29, 1.82) is 0 Å². The maximum atomic E-state index is 11.0. The summed E-state index contributed by atoms with van der Waals surface area (Å²) >= 11 is 0. The van der Waals surface area contributed by atoms with Gasteiger partial charge in [-0.25, -0.2) is 0 Å². The Morgan fingerprint density at radius 2 is 2.05 bits per heavy atom. The SMILES string of the molecule is Cc1ccc([N+](=O)[O-])c(Oc2cccc(CC(=O)O)c2)c1. The van der Waals surface area contributed by atoms with Crippen molar-refractivity contribution in [2.24, 2.45) is 0 Å². The molecule has 0 fully saturated rings. The fourth-order valence-corrected chi connectivity index (χ4v) is 1.87. The topological polar surface area (TPSA) is 89.7 Å². The number of carboxylic acids is 1. The number of nitro groups is 1. The molecule has 1 N–H and O–H groups in total. The minimum Gasteiger partial charge on any atom is -0.481 e. The third-order valence-electron chi connectivity index (χ3n) is 2.79. The molecule has 2 rings (SSSR count). The number of nitrogens with zero attached hydrogens (tertiary/aromatic N) is 1. The van der Waals surface area contributed by atoms with E-state index in [-0.39, 0.29) is 17.9 Å². The van der Waals surface area contributed by atoms with Crippen molar-refractivity contribution in [2.45, 2.75) is 13.3 Å². The zero-order chi connectivity index (χ0) is 15.4. The van der Waals surface area contributed by atoms with Crippen LogP contribution >= 0.6 is 0 Å². The summed E-state index contributed by atoms with van der Waals surface area (Å²) in [5.41, 5.74) is 1.26. The highest BCUT2D eigenvalue weighted by atomic mass is 16.6. The van der Waals surface area contributed by atoms with Gasteiger partial charge in [0.25, 0.3) is 0 Å². The molecule has 0 saturated carbocycles. The fraction of sp³-hybridized carbons (Fsp3) is 0.133. The largest absolute Gasteiger partial charge is 0.481 e. The summed E-state index contributed by atoms with van der Waals surface area (Å²) in [5.74, 6) is -0.455. The standard InChI is InChI=1S/C15H13NO5/c1-10-5-6-13(16(19)20)14(7-10)21-12-4-2-3-11(8-12)9-15(17)18/h2-8H,9H2,1H3,(H,17,18). The predicted octanol–water partition coefficient (Wildman–Crippen LogP) is 3.32. The number of hydrogen-bond acceptors (Lipinski definition) is 4. The number of carboxylic acid groups (broad SMARTS) is 1. The van der Waals surface area contributed by atoms with Crippen LogP contribution in [0.25, 0.3) is 0 Å². The Labute approximate surface area is 120 Å². The fourth-order valence-electron chi connectivity index (χ4n) is 1.87. The van der Waals surface area contributed by atoms with Crippen LogP contribution in [-0.4, -0.2) is 16.0 Å². The molecule has 0 amide bonds. The van der Waals surface area contributed by atoms with Crippen molar-refractivity contribution in [1.82, 2.24) is 0 Å². The smallest absolute Gasteiger partial charge is 0.311 e. The van der Waals surface area contributed by atoms with E-state index in [1.54, 1.807) is 43.3 Å². The van der Waals surface area contributed by atoms with E-state index in [0.29, 0.717) is 11.3 Å². The van der Waals surface area contributed by atoms with Crippen LogP contribution in [0.2, 0.25) is 0 Å². The first-order valence-corrected chi connectivity index (χ1v) is 6.19. The highest BCUT2D eigenvalue weighted by Crippen LogP contribution is 2.32. The maximum Gasteiger partial charge on any atom is 0.311 e. The lowest BCUT2D eigenvalue weighted by Crippen LogP contribution is -2.00. The summed E-state index contributed by atoms with van der Waals surface area (Å²) < 4.78 is 5.54. The van der Waals surface area contributed by atoms with Gasteiger partial charge in [0.2, 0.25) is 5.75 Å². The minimum absolute atomic E-state index is 0.132. The van der Waals surface area contributed by atoms with E-state index in [1.165, 1.54) is 6.07 Å². The van der Waals surface area contributed by atoms with Gasteiger partial charge in [-0.1, -0.05) is 18.2 Å². The van der Waals surface area contributed by atoms with Crippen LogP contribution in [0.4, 0.5) is 5.69 Å². The van der Waals surface area contributed by atoms with Crippen LogP contribution in [0, 0.1) is 17.0 Å². The number of aliphatic carboxylic acids is 1. The Morgan fingerprint density at radius 3 is 2.71 bits per heavy atom. The van der Waals surface area contributed by atoms with E-state index in [9.17, 15) is 14.9 Å². The molecule has 0 aliphatic rings. The van der Waals surface area contributed by atoms with Gasteiger partial charge < -0.3 is 9.84 Å². The lowest BCUT2D eigenvalue weighted by Gasteiger charge is -2.08. The molecule has 21 heavy (non-hydrogen) atoms. The molecule has 0 saturated heterocycles. The van der Waals surface area contributed by atoms with E-state index in [4.69, 9.17) is 9.84 Å². The number of rotatable bonds is 5. The molecule has 2 aromatic rings. The van der Waals surface area contributed by atoms with Crippen LogP contribution in [0.1, 0.15) is 11.1 Å². The molecule has 0 spiro atoms. The van der Waals surface area contributed by atoms with E-state index in [2.05, 4.69) is 0 Å². The lowest BCUT2D eigenvalue weighted by atomic mass is 10.1. The molecule has 0 radical (unpaired) electrons. The average Bonchev–Trinajstić information content (AvgIpc) is 2.38. The first-order valence-electron chi connectivity index (χ1n) is 6.19. The minimum atomic E-state index is -0.950. The van der Waals surface area contributed by atoms with Gasteiger partial charge in [-0.3, -0.25) is 14.9 Å². The van der Waals surface area contributed by atoms with Gasteiger partial charge >= 0.3 is 11.7 Å². The van der Waals surface area contributed by atoms with E-state index in [0.717, 1.165) is 5.56 Å². The third kappa shape index (κ3) is 3.79. The second kappa shape index (κ2) is 6.04. The second-order valence-corrected chi connectivity index (χ2v) is 4.55. The van der Waals surface area contributed by atoms with Crippen LogP contribution in [-0.2, 0) is 11.2 Å². The second-order valence-electron chi connectivity index (χ2n) is 4.55. The Hall–Kier alpha value is -2.89. The highest BCUT2D eigenvalue weighted by molar-refractivity contribution is 5.70. The number of ether oxygens (including phenoxy) is 1. The molecule has 0 bridgehead atoms. The molecule has 6 heteroatoms. The van der Waals surface area contributed by atoms with Crippen molar-refractivity contribution in [2.75, 3.05) is 0 Å². The van der Waals surface area contributed by atoms with E-state index < -0.39 is 10.9 Å². The van der Waals surface area contributed by atoms with Crippen molar-refractivity contribution < 1.29 is 19.6 Å². The monoisotopic (exact) mass is 287 g/mol. The molecule has 0 aromatic heterocycles. The number of benzene rings is 2. The van der Waals surface area contributed by atoms with Gasteiger partial charge in [-0.15, -0.1) is 0 Å². The van der Waals surface area contributed by atoms with Crippen LogP contribution < -0.4 is 4.74 Å². The van der Waals surface area contributed by atoms with Gasteiger partial charge in [0, 0.05) is 6.07 Å². The number of carbonyl (C=O) groups is 1. The van der Waals surface area contributed by atoms with E-state index >= 15 is 0 Å². The van der Waals surface area contributed by atoms with Crippen molar-refractivity contribution in [3.8, 4) is 11.5 Å². The normalized spacial score (nSPS) is 10.1. The zero-order valence-corrected chi connectivity index (χ0v) is 11.3. The summed E-state index contributed by atoms with van der Waals surface area (Å²) in [6.45, 7) is 1.80. The Morgan fingerprint density at radius 1 is 1.29 bits per heavy atom. The molecule has 0 aliphatic heterocycles. The molecular formula is C15H13NO5. The molecule has 0 heterocycles. The number of hydrogen-bond donors (Lipinski definition) is 1. The average molecular weight is 287 g/mol. The molecule has 0 atom stereocenters. The van der Waals surface area contributed by atoms with Gasteiger partial charge in [0.15, 0.2) is 0 Å². The summed E-state index contributed by atoms with van der Waals surface area (Å²) in [7, 11) is 0. The van der Waals surface area contributed by atoms with Crippen molar-refractivity contribution in [3.05, 3.63) is 63.7 Å². The third-order valence-corrected chi connectivity index (χ3v) is 2.79. The Bertz CT molecular complexity index is 696. The summed E-state index contributed by atoms with van der Waals surface area (Å²) in [4.78, 5) is 21.2. The predicted molar refractivity (Wildman–Crippen MR) is 75.7 cm³/mol. The first kappa shape index (κ1) is 14.5. The molecule has 108 valence electrons. The molecule has 0 unspecified atom stereocenters. The van der Waals surface area contributed by atoms with Gasteiger partial charge in [0.1, 0.15) is 5.75 Å². The zero-order valence-electron chi connectivity index (χ0n) is 11.3. The summed E-state index contributed by atoms with van der Waals surface area (Å²) in [6, 6.07) is 11.1. The Balaban J connectivity index is 2.31. The molecule has 6 nitrogen and oxygen atoms in total. The quantitative estimate of drug-likeness (QED) is 0.673. The van der Waals surface area contributed by atoms with Crippen molar-refractivity contribution >= 4 is 11.7 Å². The highest BCUT2D eigenvalue weighted by Gasteiger charge is 2.15. The Kier molecular flexibility index (Phi) is 4.18. The summed E-state index contributed by atoms with van der Waals surface area (Å²) in [5, 5.41) is 19.8. The maximum absolute atomic E-state index is 11.0. The van der Waals surface area contributed by atoms with Crippen LogP contribution in [0.15, 0.2) is 42.5 Å². The molecular weight excluding hydrogens is 274 g/mol. The molecule has 2 aromatic carbocycles. The van der Waals surface area contributed by atoms with Crippen LogP contribution in [0.5, 0.6) is 11.5 Å². The van der Waals surface area contributed by atoms with Crippen molar-refractivity contribution in [3.63, 3.8) is 0 Å². The summed E-state index contributed by atoms with van der Waals surface area (Å²) in [6.07, 6.45) is -0.132. The first-order chi connectivity index (χ1) is 9.95. The number of nitro benzene ring substituents is 1. The van der Waals surface area contributed by atoms with Gasteiger partial charge in [-0.05, 0) is 36.2 Å². The lowest BCUT2D eigenvalue weighted by molar-refractivity contribution is -0.385. The van der Waals surface area contributed by atoms with Gasteiger partial charge in [0.05, 0.1) is 11.3 Å².